The van der Waals surface area contributed by atoms with Crippen molar-refractivity contribution in [3.8, 4) is 11.8 Å². The number of hydrogen-bond acceptors (Lipinski definition) is 5. The van der Waals surface area contributed by atoms with E-state index in [4.69, 9.17) is 10.00 Å². The van der Waals surface area contributed by atoms with E-state index in [-0.39, 0.29) is 11.6 Å². The number of benzene rings is 1. The van der Waals surface area contributed by atoms with Crippen molar-refractivity contribution in [1.29, 1.82) is 5.26 Å². The SMILES string of the molecule is COc1ccc(N/N=C(\C#N)C(=O)N2CCCC2)cc1. The lowest BCUT2D eigenvalue weighted by molar-refractivity contribution is -0.122. The highest BCUT2D eigenvalue weighted by Gasteiger charge is 2.22. The minimum Gasteiger partial charge on any atom is -0.497 e. The topological polar surface area (TPSA) is 77.7 Å². The first-order valence-electron chi connectivity index (χ1n) is 6.41. The molecule has 0 unspecified atom stereocenters. The summed E-state index contributed by atoms with van der Waals surface area (Å²) in [5, 5.41) is 12.9. The van der Waals surface area contributed by atoms with Gasteiger partial charge in [-0.2, -0.15) is 10.4 Å². The van der Waals surface area contributed by atoms with Crippen LogP contribution in [0.2, 0.25) is 0 Å². The van der Waals surface area contributed by atoms with E-state index in [0.717, 1.165) is 18.6 Å². The normalized spacial score (nSPS) is 14.8. The molecule has 1 aliphatic rings. The summed E-state index contributed by atoms with van der Waals surface area (Å²) in [5.74, 6) is 0.416. The molecule has 0 radical (unpaired) electrons. The van der Waals surface area contributed by atoms with Crippen molar-refractivity contribution < 1.29 is 9.53 Å². The lowest BCUT2D eigenvalue weighted by Gasteiger charge is -2.13. The Morgan fingerprint density at radius 1 is 1.35 bits per heavy atom. The van der Waals surface area contributed by atoms with Gasteiger partial charge < -0.3 is 9.64 Å². The molecule has 1 aliphatic heterocycles. The third-order valence-corrected chi connectivity index (χ3v) is 3.09. The molecule has 0 spiro atoms. The number of hydrazone groups is 1. The predicted molar refractivity (Wildman–Crippen MR) is 75.5 cm³/mol. The number of methoxy groups -OCH3 is 1. The molecule has 0 atom stereocenters. The number of carbonyl (C=O) groups is 1. The number of ether oxygens (including phenoxy) is 1. The van der Waals surface area contributed by atoms with Crippen LogP contribution in [0.1, 0.15) is 12.8 Å². The molecule has 1 N–H and O–H groups in total. The number of nitrogens with one attached hydrogen (secondary N) is 1. The molecule has 0 aliphatic carbocycles. The van der Waals surface area contributed by atoms with Crippen molar-refractivity contribution in [1.82, 2.24) is 4.90 Å². The molecule has 6 heteroatoms. The first-order chi connectivity index (χ1) is 9.74. The van der Waals surface area contributed by atoms with Crippen molar-refractivity contribution in [3.05, 3.63) is 24.3 Å². The van der Waals surface area contributed by atoms with E-state index in [9.17, 15) is 4.79 Å². The third kappa shape index (κ3) is 3.26. The predicted octanol–water partition coefficient (Wildman–Crippen LogP) is 1.61. The second-order valence-corrected chi connectivity index (χ2v) is 4.41. The molecular weight excluding hydrogens is 256 g/mol. The highest BCUT2D eigenvalue weighted by molar-refractivity contribution is 6.45. The molecule has 1 aromatic carbocycles. The van der Waals surface area contributed by atoms with Crippen LogP contribution in [0.15, 0.2) is 29.4 Å². The zero-order valence-electron chi connectivity index (χ0n) is 11.3. The Labute approximate surface area is 117 Å². The Morgan fingerprint density at radius 2 is 2.00 bits per heavy atom. The minimum atomic E-state index is -0.314. The second kappa shape index (κ2) is 6.57. The zero-order chi connectivity index (χ0) is 14.4. The van der Waals surface area contributed by atoms with Gasteiger partial charge >= 0.3 is 0 Å². The summed E-state index contributed by atoms with van der Waals surface area (Å²) < 4.78 is 5.04. The first kappa shape index (κ1) is 13.9. The third-order valence-electron chi connectivity index (χ3n) is 3.09. The summed E-state index contributed by atoms with van der Waals surface area (Å²) in [6.45, 7) is 1.39. The first-order valence-corrected chi connectivity index (χ1v) is 6.41. The Kier molecular flexibility index (Phi) is 4.56. The van der Waals surface area contributed by atoms with Gasteiger partial charge in [0, 0.05) is 13.1 Å². The molecule has 1 amide bonds. The number of nitriles is 1. The van der Waals surface area contributed by atoms with E-state index in [1.807, 2.05) is 6.07 Å². The fraction of sp³-hybridized carbons (Fsp3) is 0.357. The lowest BCUT2D eigenvalue weighted by Crippen LogP contribution is -2.33. The van der Waals surface area contributed by atoms with Crippen LogP contribution in [0.3, 0.4) is 0 Å². The van der Waals surface area contributed by atoms with Gasteiger partial charge in [0.05, 0.1) is 12.8 Å². The molecule has 0 aromatic heterocycles. The summed E-state index contributed by atoms with van der Waals surface area (Å²) in [4.78, 5) is 13.7. The quantitative estimate of drug-likeness (QED) is 0.667. The molecule has 6 nitrogen and oxygen atoms in total. The molecular formula is C14H16N4O2. The maximum Gasteiger partial charge on any atom is 0.285 e. The number of carbonyl (C=O) groups excluding carboxylic acids is 1. The maximum absolute atomic E-state index is 12.0. The van der Waals surface area contributed by atoms with Crippen LogP contribution in [0.4, 0.5) is 5.69 Å². The number of hydrogen-bond donors (Lipinski definition) is 1. The number of amides is 1. The fourth-order valence-corrected chi connectivity index (χ4v) is 1.98. The average Bonchev–Trinajstić information content (AvgIpc) is 3.02. The van der Waals surface area contributed by atoms with E-state index in [0.29, 0.717) is 18.8 Å². The van der Waals surface area contributed by atoms with Crippen molar-refractivity contribution in [2.45, 2.75) is 12.8 Å². The van der Waals surface area contributed by atoms with Crippen LogP contribution in [-0.2, 0) is 4.79 Å². The molecule has 1 fully saturated rings. The largest absolute Gasteiger partial charge is 0.497 e. The summed E-state index contributed by atoms with van der Waals surface area (Å²) in [6, 6.07) is 8.91. The fourth-order valence-electron chi connectivity index (χ4n) is 1.98. The molecule has 0 bridgehead atoms. The van der Waals surface area contributed by atoms with E-state index in [1.54, 1.807) is 36.3 Å². The molecule has 0 saturated carbocycles. The summed E-state index contributed by atoms with van der Waals surface area (Å²) in [7, 11) is 1.59. The van der Waals surface area contributed by atoms with Gasteiger partial charge in [0.1, 0.15) is 11.8 Å². The Morgan fingerprint density at radius 3 is 2.55 bits per heavy atom. The van der Waals surface area contributed by atoms with E-state index in [2.05, 4.69) is 10.5 Å². The lowest BCUT2D eigenvalue weighted by atomic mass is 10.3. The molecule has 20 heavy (non-hydrogen) atoms. The van der Waals surface area contributed by atoms with Gasteiger partial charge in [-0.3, -0.25) is 10.2 Å². The number of nitrogens with zero attached hydrogens (tertiary/aromatic N) is 3. The van der Waals surface area contributed by atoms with Gasteiger partial charge in [0.15, 0.2) is 0 Å². The average molecular weight is 272 g/mol. The van der Waals surface area contributed by atoms with Gasteiger partial charge in [-0.1, -0.05) is 0 Å². The standard InChI is InChI=1S/C14H16N4O2/c1-20-12-6-4-11(5-7-12)16-17-13(10-15)14(19)18-8-2-3-9-18/h4-7,16H,2-3,8-9H2,1H3/b17-13+. The number of likely N-dealkylation sites (tertiary alicyclic amines) is 1. The molecule has 2 rings (SSSR count). The Bertz CT molecular complexity index is 539. The van der Waals surface area contributed by atoms with Crippen molar-refractivity contribution in [2.24, 2.45) is 5.10 Å². The monoisotopic (exact) mass is 272 g/mol. The summed E-state index contributed by atoms with van der Waals surface area (Å²) in [5.41, 5.74) is 3.28. The van der Waals surface area contributed by atoms with E-state index in [1.165, 1.54) is 0 Å². The molecule has 1 aromatic rings. The van der Waals surface area contributed by atoms with Gasteiger partial charge in [-0.05, 0) is 37.1 Å². The van der Waals surface area contributed by atoms with Gasteiger partial charge in [0.2, 0.25) is 5.71 Å². The van der Waals surface area contributed by atoms with Crippen LogP contribution in [0.5, 0.6) is 5.75 Å². The van der Waals surface area contributed by atoms with Crippen LogP contribution < -0.4 is 10.2 Å². The Balaban J connectivity index is 2.03. The summed E-state index contributed by atoms with van der Waals surface area (Å²) in [6.07, 6.45) is 1.96. The Hall–Kier alpha value is -2.55. The summed E-state index contributed by atoms with van der Waals surface area (Å²) >= 11 is 0. The van der Waals surface area contributed by atoms with Crippen LogP contribution in [0, 0.1) is 11.3 Å². The van der Waals surface area contributed by atoms with E-state index >= 15 is 0 Å². The highest BCUT2D eigenvalue weighted by atomic mass is 16.5. The highest BCUT2D eigenvalue weighted by Crippen LogP contribution is 2.15. The molecule has 1 saturated heterocycles. The molecule has 1 heterocycles. The number of anilines is 1. The zero-order valence-corrected chi connectivity index (χ0v) is 11.3. The van der Waals surface area contributed by atoms with Crippen molar-refractivity contribution in [3.63, 3.8) is 0 Å². The van der Waals surface area contributed by atoms with Crippen LogP contribution in [0.25, 0.3) is 0 Å². The van der Waals surface area contributed by atoms with E-state index < -0.39 is 0 Å². The number of rotatable bonds is 4. The van der Waals surface area contributed by atoms with Gasteiger partial charge in [0.25, 0.3) is 5.91 Å². The maximum atomic E-state index is 12.0. The minimum absolute atomic E-state index is 0.122. The van der Waals surface area contributed by atoms with Crippen molar-refractivity contribution >= 4 is 17.3 Å². The van der Waals surface area contributed by atoms with Gasteiger partial charge in [-0.25, -0.2) is 0 Å². The smallest absolute Gasteiger partial charge is 0.285 e. The van der Waals surface area contributed by atoms with Crippen LogP contribution in [-0.4, -0.2) is 36.7 Å². The molecule has 104 valence electrons. The van der Waals surface area contributed by atoms with Crippen LogP contribution >= 0.6 is 0 Å². The van der Waals surface area contributed by atoms with Crippen molar-refractivity contribution in [2.75, 3.05) is 25.6 Å². The van der Waals surface area contributed by atoms with Gasteiger partial charge in [-0.15, -0.1) is 0 Å². The second-order valence-electron chi connectivity index (χ2n) is 4.41.